The SMILES string of the molecule is COC1=NC(=C(\C#N)c2ccccc2)/C=CC/1=N/O. The number of oxime groups is 1. The Bertz CT molecular complexity index is 634. The first-order valence-corrected chi connectivity index (χ1v) is 5.53. The summed E-state index contributed by atoms with van der Waals surface area (Å²) < 4.78 is 5.02. The summed E-state index contributed by atoms with van der Waals surface area (Å²) in [6, 6.07) is 11.4. The topological polar surface area (TPSA) is 78.0 Å². The molecule has 1 aromatic rings. The van der Waals surface area contributed by atoms with Crippen LogP contribution in [0.15, 0.2) is 58.3 Å². The van der Waals surface area contributed by atoms with Gasteiger partial charge in [0.05, 0.1) is 18.4 Å². The number of hydrogen-bond donors (Lipinski definition) is 1. The van der Waals surface area contributed by atoms with Gasteiger partial charge in [0.15, 0.2) is 5.71 Å². The number of nitriles is 1. The third kappa shape index (κ3) is 2.53. The Morgan fingerprint density at radius 2 is 2.05 bits per heavy atom. The van der Waals surface area contributed by atoms with Crippen LogP contribution in [0.5, 0.6) is 0 Å². The van der Waals surface area contributed by atoms with E-state index in [-0.39, 0.29) is 11.6 Å². The van der Waals surface area contributed by atoms with Crippen molar-refractivity contribution in [3.05, 3.63) is 53.7 Å². The molecule has 0 radical (unpaired) electrons. The van der Waals surface area contributed by atoms with E-state index in [0.29, 0.717) is 11.3 Å². The number of rotatable bonds is 1. The zero-order valence-electron chi connectivity index (χ0n) is 10.2. The molecule has 0 atom stereocenters. The molecule has 1 aliphatic heterocycles. The van der Waals surface area contributed by atoms with Crippen LogP contribution in [0, 0.1) is 11.3 Å². The van der Waals surface area contributed by atoms with Crippen LogP contribution in [-0.4, -0.2) is 23.9 Å². The summed E-state index contributed by atoms with van der Waals surface area (Å²) in [5, 5.41) is 21.1. The molecule has 0 spiro atoms. The lowest BCUT2D eigenvalue weighted by atomic mass is 10.0. The maximum atomic E-state index is 9.28. The van der Waals surface area contributed by atoms with Gasteiger partial charge in [-0.25, -0.2) is 4.99 Å². The maximum absolute atomic E-state index is 9.28. The number of ether oxygens (including phenoxy) is 1. The molecule has 0 saturated heterocycles. The minimum Gasteiger partial charge on any atom is -0.479 e. The number of methoxy groups -OCH3 is 1. The van der Waals surface area contributed by atoms with Crippen LogP contribution in [0.2, 0.25) is 0 Å². The summed E-state index contributed by atoms with van der Waals surface area (Å²) in [6.07, 6.45) is 3.16. The second-order valence-corrected chi connectivity index (χ2v) is 3.68. The summed E-state index contributed by atoms with van der Waals surface area (Å²) in [6.45, 7) is 0. The molecule has 94 valence electrons. The minimum atomic E-state index is 0.170. The van der Waals surface area contributed by atoms with Gasteiger partial charge in [-0.2, -0.15) is 5.26 Å². The van der Waals surface area contributed by atoms with Crippen molar-refractivity contribution in [1.29, 1.82) is 5.26 Å². The second-order valence-electron chi connectivity index (χ2n) is 3.68. The Labute approximate surface area is 110 Å². The van der Waals surface area contributed by atoms with Crippen LogP contribution in [0.25, 0.3) is 5.57 Å². The molecular weight excluding hydrogens is 242 g/mol. The van der Waals surface area contributed by atoms with Gasteiger partial charge in [0.1, 0.15) is 6.07 Å². The first-order chi connectivity index (χ1) is 9.30. The average molecular weight is 253 g/mol. The van der Waals surface area contributed by atoms with Crippen molar-refractivity contribution in [2.75, 3.05) is 7.11 Å². The van der Waals surface area contributed by atoms with Gasteiger partial charge in [0.25, 0.3) is 0 Å². The first kappa shape index (κ1) is 12.6. The number of nitrogens with zero attached hydrogens (tertiary/aromatic N) is 3. The Balaban J connectivity index is 2.53. The Kier molecular flexibility index (Phi) is 3.74. The highest BCUT2D eigenvalue weighted by atomic mass is 16.5. The molecule has 0 fully saturated rings. The summed E-state index contributed by atoms with van der Waals surface area (Å²) in [5.74, 6) is 0.170. The van der Waals surface area contributed by atoms with Crippen LogP contribution in [-0.2, 0) is 4.74 Å². The van der Waals surface area contributed by atoms with Crippen molar-refractivity contribution in [1.82, 2.24) is 0 Å². The standard InChI is InChI=1S/C14H11N3O2/c1-19-14-13(17-18)8-7-12(16-14)11(9-15)10-5-3-2-4-6-10/h2-8,18H,1H3/b12-11+,17-13-. The Morgan fingerprint density at radius 1 is 1.32 bits per heavy atom. The number of benzene rings is 1. The van der Waals surface area contributed by atoms with E-state index in [1.165, 1.54) is 7.11 Å². The highest BCUT2D eigenvalue weighted by Gasteiger charge is 2.16. The normalized spacial score (nSPS) is 18.7. The summed E-state index contributed by atoms with van der Waals surface area (Å²) >= 11 is 0. The van der Waals surface area contributed by atoms with Gasteiger partial charge in [0, 0.05) is 0 Å². The molecule has 0 saturated carbocycles. The van der Waals surface area contributed by atoms with Crippen molar-refractivity contribution in [2.24, 2.45) is 10.1 Å². The Morgan fingerprint density at radius 3 is 2.63 bits per heavy atom. The van der Waals surface area contributed by atoms with E-state index in [0.717, 1.165) is 5.56 Å². The van der Waals surface area contributed by atoms with Crippen molar-refractivity contribution < 1.29 is 9.94 Å². The van der Waals surface area contributed by atoms with Crippen molar-refractivity contribution in [3.63, 3.8) is 0 Å². The van der Waals surface area contributed by atoms with Crippen LogP contribution in [0.1, 0.15) is 5.56 Å². The molecule has 19 heavy (non-hydrogen) atoms. The van der Waals surface area contributed by atoms with Crippen LogP contribution in [0.4, 0.5) is 0 Å². The zero-order chi connectivity index (χ0) is 13.7. The molecule has 0 aromatic heterocycles. The Hall–Kier alpha value is -2.87. The molecule has 1 heterocycles. The van der Waals surface area contributed by atoms with E-state index in [1.54, 1.807) is 12.2 Å². The highest BCUT2D eigenvalue weighted by molar-refractivity contribution is 6.44. The monoisotopic (exact) mass is 253 g/mol. The van der Waals surface area contributed by atoms with Crippen molar-refractivity contribution in [2.45, 2.75) is 0 Å². The molecule has 1 aliphatic rings. The van der Waals surface area contributed by atoms with E-state index in [2.05, 4.69) is 16.2 Å². The molecule has 2 rings (SSSR count). The van der Waals surface area contributed by atoms with Gasteiger partial charge in [-0.1, -0.05) is 35.5 Å². The average Bonchev–Trinajstić information content (AvgIpc) is 2.49. The summed E-state index contributed by atoms with van der Waals surface area (Å²) in [4.78, 5) is 4.17. The number of dihydropyridines is 1. The predicted octanol–water partition coefficient (Wildman–Crippen LogP) is 2.37. The number of allylic oxidation sites excluding steroid dienone is 2. The van der Waals surface area contributed by atoms with E-state index in [4.69, 9.17) is 9.94 Å². The van der Waals surface area contributed by atoms with Crippen LogP contribution in [0.3, 0.4) is 0 Å². The molecule has 0 aliphatic carbocycles. The van der Waals surface area contributed by atoms with Gasteiger partial charge in [-0.05, 0) is 17.7 Å². The van der Waals surface area contributed by atoms with Gasteiger partial charge in [0.2, 0.25) is 5.90 Å². The van der Waals surface area contributed by atoms with Crippen molar-refractivity contribution >= 4 is 17.2 Å². The predicted molar refractivity (Wildman–Crippen MR) is 71.8 cm³/mol. The second kappa shape index (κ2) is 5.65. The van der Waals surface area contributed by atoms with Gasteiger partial charge >= 0.3 is 0 Å². The van der Waals surface area contributed by atoms with E-state index >= 15 is 0 Å². The maximum Gasteiger partial charge on any atom is 0.243 e. The van der Waals surface area contributed by atoms with Crippen LogP contribution < -0.4 is 0 Å². The lowest BCUT2D eigenvalue weighted by Crippen LogP contribution is -2.17. The third-order valence-corrected chi connectivity index (χ3v) is 2.57. The lowest BCUT2D eigenvalue weighted by Gasteiger charge is -2.10. The zero-order valence-corrected chi connectivity index (χ0v) is 10.2. The summed E-state index contributed by atoms with van der Waals surface area (Å²) in [5.41, 5.74) is 1.89. The van der Waals surface area contributed by atoms with Gasteiger partial charge in [-0.15, -0.1) is 0 Å². The fraction of sp³-hybridized carbons (Fsp3) is 0.0714. The van der Waals surface area contributed by atoms with Crippen molar-refractivity contribution in [3.8, 4) is 6.07 Å². The molecule has 0 unspecified atom stereocenters. The molecule has 0 amide bonds. The minimum absolute atomic E-state index is 0.170. The van der Waals surface area contributed by atoms with E-state index < -0.39 is 0 Å². The molecule has 0 bridgehead atoms. The quantitative estimate of drug-likeness (QED) is 0.474. The van der Waals surface area contributed by atoms with E-state index in [9.17, 15) is 5.26 Å². The van der Waals surface area contributed by atoms with E-state index in [1.807, 2.05) is 30.3 Å². The van der Waals surface area contributed by atoms with Gasteiger partial charge < -0.3 is 9.94 Å². The molecule has 5 nitrogen and oxygen atoms in total. The third-order valence-electron chi connectivity index (χ3n) is 2.57. The lowest BCUT2D eigenvalue weighted by molar-refractivity contribution is 0.318. The molecule has 1 N–H and O–H groups in total. The molecule has 5 heteroatoms. The first-order valence-electron chi connectivity index (χ1n) is 5.53. The fourth-order valence-corrected chi connectivity index (χ4v) is 1.67. The largest absolute Gasteiger partial charge is 0.479 e. The fourth-order valence-electron chi connectivity index (χ4n) is 1.67. The number of hydrogen-bond acceptors (Lipinski definition) is 5. The van der Waals surface area contributed by atoms with Gasteiger partial charge in [-0.3, -0.25) is 0 Å². The number of aliphatic imine (C=N–C) groups is 1. The van der Waals surface area contributed by atoms with Crippen LogP contribution >= 0.6 is 0 Å². The highest BCUT2D eigenvalue weighted by Crippen LogP contribution is 2.22. The summed E-state index contributed by atoms with van der Waals surface area (Å²) in [7, 11) is 1.43. The molecule has 1 aromatic carbocycles. The smallest absolute Gasteiger partial charge is 0.243 e. The molecular formula is C14H11N3O2.